The highest BCUT2D eigenvalue weighted by Crippen LogP contribution is 2.35. The Morgan fingerprint density at radius 2 is 1.80 bits per heavy atom. The molecule has 0 aliphatic carbocycles. The molecule has 4 rings (SSSR count). The molecule has 2 heterocycles. The first-order valence-corrected chi connectivity index (χ1v) is 6.56. The lowest BCUT2D eigenvalue weighted by atomic mass is 10.0. The summed E-state index contributed by atoms with van der Waals surface area (Å²) in [4.78, 5) is 3.41. The first-order chi connectivity index (χ1) is 9.75. The largest absolute Gasteiger partial charge is 0.397 e. The van der Waals surface area contributed by atoms with Gasteiger partial charge >= 0.3 is 0 Å². The number of rotatable bonds is 1. The Labute approximate surface area is 115 Å². The Hall–Kier alpha value is -2.75. The van der Waals surface area contributed by atoms with Crippen LogP contribution in [0.15, 0.2) is 42.5 Å². The van der Waals surface area contributed by atoms with E-state index in [9.17, 15) is 0 Å². The standard InChI is InChI=1S/C16H14N4/c1-9-14(10-5-2-3-8-13(10)18-9)16-11-6-4-7-12(17)15(11)19-20-16/h2-8,18H,17H2,1H3,(H,19,20). The molecule has 0 aliphatic heterocycles. The molecule has 0 radical (unpaired) electrons. The van der Waals surface area contributed by atoms with E-state index >= 15 is 0 Å². The number of hydrogen-bond donors (Lipinski definition) is 3. The van der Waals surface area contributed by atoms with Crippen molar-refractivity contribution in [2.24, 2.45) is 0 Å². The summed E-state index contributed by atoms with van der Waals surface area (Å²) in [5.41, 5.74) is 11.9. The first-order valence-electron chi connectivity index (χ1n) is 6.56. The predicted octanol–water partition coefficient (Wildman–Crippen LogP) is 3.60. The molecule has 20 heavy (non-hydrogen) atoms. The topological polar surface area (TPSA) is 70.5 Å². The zero-order valence-corrected chi connectivity index (χ0v) is 11.1. The second kappa shape index (κ2) is 3.87. The third-order valence-electron chi connectivity index (χ3n) is 3.76. The molecule has 2 aromatic carbocycles. The Kier molecular flexibility index (Phi) is 2.15. The summed E-state index contributed by atoms with van der Waals surface area (Å²) in [6.45, 7) is 2.07. The second-order valence-corrected chi connectivity index (χ2v) is 5.01. The van der Waals surface area contributed by atoms with Gasteiger partial charge in [0.2, 0.25) is 0 Å². The molecule has 2 aromatic heterocycles. The van der Waals surface area contributed by atoms with Gasteiger partial charge in [-0.05, 0) is 19.1 Å². The highest BCUT2D eigenvalue weighted by molar-refractivity contribution is 6.06. The van der Waals surface area contributed by atoms with Gasteiger partial charge in [0.1, 0.15) is 5.69 Å². The van der Waals surface area contributed by atoms with Crippen LogP contribution >= 0.6 is 0 Å². The molecule has 0 bridgehead atoms. The number of anilines is 1. The third-order valence-corrected chi connectivity index (χ3v) is 3.76. The molecule has 0 amide bonds. The van der Waals surface area contributed by atoms with Crippen LogP contribution < -0.4 is 5.73 Å². The summed E-state index contributed by atoms with van der Waals surface area (Å²) >= 11 is 0. The second-order valence-electron chi connectivity index (χ2n) is 5.01. The van der Waals surface area contributed by atoms with Crippen molar-refractivity contribution in [3.63, 3.8) is 0 Å². The average molecular weight is 262 g/mol. The maximum absolute atomic E-state index is 5.99. The molecule has 98 valence electrons. The quantitative estimate of drug-likeness (QED) is 0.459. The summed E-state index contributed by atoms with van der Waals surface area (Å²) in [6.07, 6.45) is 0. The Balaban J connectivity index is 2.12. The van der Waals surface area contributed by atoms with Crippen LogP contribution in [-0.4, -0.2) is 15.2 Å². The van der Waals surface area contributed by atoms with Crippen molar-refractivity contribution in [2.45, 2.75) is 6.92 Å². The molecule has 0 unspecified atom stereocenters. The summed E-state index contributed by atoms with van der Waals surface area (Å²) in [7, 11) is 0. The Morgan fingerprint density at radius 3 is 2.70 bits per heavy atom. The fraction of sp³-hybridized carbons (Fsp3) is 0.0625. The number of aromatic nitrogens is 3. The van der Waals surface area contributed by atoms with Crippen LogP contribution in [0.25, 0.3) is 33.1 Å². The zero-order valence-electron chi connectivity index (χ0n) is 11.1. The maximum atomic E-state index is 5.99. The number of aromatic amines is 2. The number of para-hydroxylation sites is 2. The normalized spacial score (nSPS) is 11.4. The minimum absolute atomic E-state index is 0.721. The van der Waals surface area contributed by atoms with Gasteiger partial charge in [0.15, 0.2) is 0 Å². The number of nitrogens with one attached hydrogen (secondary N) is 2. The minimum atomic E-state index is 0.721. The molecule has 0 saturated heterocycles. The summed E-state index contributed by atoms with van der Waals surface area (Å²) in [6, 6.07) is 14.2. The maximum Gasteiger partial charge on any atom is 0.102 e. The smallest absolute Gasteiger partial charge is 0.102 e. The van der Waals surface area contributed by atoms with E-state index in [-0.39, 0.29) is 0 Å². The molecule has 0 spiro atoms. The molecule has 0 saturated carbocycles. The first kappa shape index (κ1) is 11.1. The van der Waals surface area contributed by atoms with Gasteiger partial charge in [-0.25, -0.2) is 0 Å². The Bertz CT molecular complexity index is 930. The van der Waals surface area contributed by atoms with Gasteiger partial charge in [-0.1, -0.05) is 30.3 Å². The van der Waals surface area contributed by atoms with Crippen molar-refractivity contribution in [3.8, 4) is 11.3 Å². The van der Waals surface area contributed by atoms with Crippen molar-refractivity contribution in [1.82, 2.24) is 15.2 Å². The van der Waals surface area contributed by atoms with E-state index in [1.165, 1.54) is 5.39 Å². The van der Waals surface area contributed by atoms with Crippen LogP contribution in [0.5, 0.6) is 0 Å². The number of hydrogen-bond acceptors (Lipinski definition) is 2. The SMILES string of the molecule is Cc1[nH]c2ccccc2c1-c1n[nH]c2c(N)cccc12. The van der Waals surface area contributed by atoms with Crippen molar-refractivity contribution >= 4 is 27.5 Å². The van der Waals surface area contributed by atoms with E-state index in [1.54, 1.807) is 0 Å². The molecule has 0 fully saturated rings. The van der Waals surface area contributed by atoms with Gasteiger partial charge in [-0.15, -0.1) is 0 Å². The lowest BCUT2D eigenvalue weighted by Gasteiger charge is -1.99. The molecule has 4 N–H and O–H groups in total. The fourth-order valence-electron chi connectivity index (χ4n) is 2.84. The fourth-order valence-corrected chi connectivity index (χ4v) is 2.84. The van der Waals surface area contributed by atoms with Crippen LogP contribution in [-0.2, 0) is 0 Å². The number of benzene rings is 2. The average Bonchev–Trinajstić information content (AvgIpc) is 2.99. The van der Waals surface area contributed by atoms with Gasteiger partial charge < -0.3 is 10.7 Å². The number of aryl methyl sites for hydroxylation is 1. The van der Waals surface area contributed by atoms with E-state index in [2.05, 4.69) is 34.2 Å². The molecular formula is C16H14N4. The Morgan fingerprint density at radius 1 is 1.00 bits per heavy atom. The molecule has 4 heteroatoms. The highest BCUT2D eigenvalue weighted by Gasteiger charge is 2.16. The van der Waals surface area contributed by atoms with Crippen molar-refractivity contribution in [3.05, 3.63) is 48.2 Å². The van der Waals surface area contributed by atoms with Crippen molar-refractivity contribution in [2.75, 3.05) is 5.73 Å². The van der Waals surface area contributed by atoms with E-state index in [4.69, 9.17) is 5.73 Å². The molecular weight excluding hydrogens is 248 g/mol. The summed E-state index contributed by atoms with van der Waals surface area (Å²) < 4.78 is 0. The number of fused-ring (bicyclic) bond motifs is 2. The molecule has 4 nitrogen and oxygen atoms in total. The van der Waals surface area contributed by atoms with Crippen LogP contribution in [0.3, 0.4) is 0 Å². The van der Waals surface area contributed by atoms with E-state index < -0.39 is 0 Å². The van der Waals surface area contributed by atoms with Crippen molar-refractivity contribution in [1.29, 1.82) is 0 Å². The lowest BCUT2D eigenvalue weighted by Crippen LogP contribution is -1.85. The monoisotopic (exact) mass is 262 g/mol. The van der Waals surface area contributed by atoms with E-state index in [0.717, 1.165) is 39.1 Å². The number of nitrogen functional groups attached to an aromatic ring is 1. The number of nitrogens with two attached hydrogens (primary N) is 1. The molecule has 0 atom stereocenters. The van der Waals surface area contributed by atoms with Crippen LogP contribution in [0.1, 0.15) is 5.69 Å². The van der Waals surface area contributed by atoms with Crippen LogP contribution in [0.2, 0.25) is 0 Å². The van der Waals surface area contributed by atoms with Gasteiger partial charge in [-0.3, -0.25) is 5.10 Å². The minimum Gasteiger partial charge on any atom is -0.397 e. The summed E-state index contributed by atoms with van der Waals surface area (Å²) in [5, 5.41) is 9.77. The van der Waals surface area contributed by atoms with Gasteiger partial charge in [0.25, 0.3) is 0 Å². The molecule has 4 aromatic rings. The third kappa shape index (κ3) is 1.39. The number of H-pyrrole nitrogens is 2. The van der Waals surface area contributed by atoms with E-state index in [1.807, 2.05) is 30.3 Å². The van der Waals surface area contributed by atoms with E-state index in [0.29, 0.717) is 0 Å². The zero-order chi connectivity index (χ0) is 13.7. The predicted molar refractivity (Wildman–Crippen MR) is 82.5 cm³/mol. The number of nitrogens with zero attached hydrogens (tertiary/aromatic N) is 1. The summed E-state index contributed by atoms with van der Waals surface area (Å²) in [5.74, 6) is 0. The lowest BCUT2D eigenvalue weighted by molar-refractivity contribution is 1.12. The van der Waals surface area contributed by atoms with Gasteiger partial charge in [0, 0.05) is 27.5 Å². The molecule has 0 aliphatic rings. The highest BCUT2D eigenvalue weighted by atomic mass is 15.1. The van der Waals surface area contributed by atoms with Gasteiger partial charge in [0.05, 0.1) is 11.2 Å². The van der Waals surface area contributed by atoms with Gasteiger partial charge in [-0.2, -0.15) is 5.10 Å². The van der Waals surface area contributed by atoms with Crippen LogP contribution in [0, 0.1) is 6.92 Å². The van der Waals surface area contributed by atoms with Crippen molar-refractivity contribution < 1.29 is 0 Å². The van der Waals surface area contributed by atoms with Crippen LogP contribution in [0.4, 0.5) is 5.69 Å².